The molecule has 0 bridgehead atoms. The molecule has 2 aromatic heterocycles. The van der Waals surface area contributed by atoms with Crippen LogP contribution in [0.15, 0.2) is 53.3 Å². The summed E-state index contributed by atoms with van der Waals surface area (Å²) in [7, 11) is 0. The Bertz CT molecular complexity index is 974. The zero-order valence-corrected chi connectivity index (χ0v) is 14.8. The Kier molecular flexibility index (Phi) is 5.38. The number of hydrogen-bond donors (Lipinski definition) is 1. The van der Waals surface area contributed by atoms with Crippen molar-refractivity contribution in [1.29, 1.82) is 0 Å². The maximum Gasteiger partial charge on any atom is 0.417 e. The second kappa shape index (κ2) is 7.58. The predicted molar refractivity (Wildman–Crippen MR) is 94.3 cm³/mol. The smallest absolute Gasteiger partial charge is 0.356 e. The maximum atomic E-state index is 13.2. The Labute approximate surface area is 161 Å². The third-order valence-corrected chi connectivity index (χ3v) is 3.90. The first-order valence-electron chi connectivity index (χ1n) is 7.43. The van der Waals surface area contributed by atoms with Gasteiger partial charge < -0.3 is 9.84 Å². The molecular formula is C17H10Cl2F3N3O2. The summed E-state index contributed by atoms with van der Waals surface area (Å²) in [5.74, 6) is -0.464. The van der Waals surface area contributed by atoms with E-state index in [0.29, 0.717) is 5.56 Å². The highest BCUT2D eigenvalue weighted by Gasteiger charge is 2.34. The van der Waals surface area contributed by atoms with Crippen molar-refractivity contribution in [1.82, 2.24) is 10.1 Å². The number of nitrogens with zero attached hydrogens (tertiary/aromatic N) is 2. The first kappa shape index (κ1) is 19.2. The number of carbonyl (C=O) groups is 1. The molecule has 0 aliphatic rings. The highest BCUT2D eigenvalue weighted by Crippen LogP contribution is 2.37. The van der Waals surface area contributed by atoms with Crippen molar-refractivity contribution < 1.29 is 22.5 Å². The lowest BCUT2D eigenvalue weighted by Gasteiger charge is -2.10. The summed E-state index contributed by atoms with van der Waals surface area (Å²) in [6, 6.07) is 7.91. The lowest BCUT2D eigenvalue weighted by atomic mass is 10.0. The minimum absolute atomic E-state index is 0.0222. The molecule has 27 heavy (non-hydrogen) atoms. The molecule has 0 atom stereocenters. The highest BCUT2D eigenvalue weighted by atomic mass is 35.5. The van der Waals surface area contributed by atoms with Crippen LogP contribution in [0.1, 0.15) is 5.56 Å². The highest BCUT2D eigenvalue weighted by molar-refractivity contribution is 6.54. The van der Waals surface area contributed by atoms with E-state index >= 15 is 0 Å². The molecule has 1 N–H and O–H groups in total. The SMILES string of the molecule is O=C(Nc1cncc(-c2cc(-c3ccccc3C(F)(F)F)no2)c1)C(Cl)Cl. The predicted octanol–water partition coefficient (Wildman–Crippen LogP) is 5.16. The fourth-order valence-electron chi connectivity index (χ4n) is 2.33. The van der Waals surface area contributed by atoms with Gasteiger partial charge in [-0.05, 0) is 12.1 Å². The second-order valence-corrected chi connectivity index (χ2v) is 6.47. The number of hydrogen-bond acceptors (Lipinski definition) is 4. The van der Waals surface area contributed by atoms with Gasteiger partial charge in [0.05, 0.1) is 17.4 Å². The molecule has 0 saturated carbocycles. The maximum absolute atomic E-state index is 13.2. The Hall–Kier alpha value is -2.58. The van der Waals surface area contributed by atoms with E-state index in [1.165, 1.54) is 42.7 Å². The fourth-order valence-corrected chi connectivity index (χ4v) is 2.44. The van der Waals surface area contributed by atoms with E-state index in [1.807, 2.05) is 0 Å². The van der Waals surface area contributed by atoms with Crippen LogP contribution in [0.5, 0.6) is 0 Å². The van der Waals surface area contributed by atoms with Crippen molar-refractivity contribution in [3.8, 4) is 22.6 Å². The van der Waals surface area contributed by atoms with E-state index in [-0.39, 0.29) is 22.7 Å². The van der Waals surface area contributed by atoms with Gasteiger partial charge in [0.15, 0.2) is 10.6 Å². The summed E-state index contributed by atoms with van der Waals surface area (Å²) in [5.41, 5.74) is -0.216. The van der Waals surface area contributed by atoms with Crippen LogP contribution in [0.25, 0.3) is 22.6 Å². The van der Waals surface area contributed by atoms with Crippen LogP contribution >= 0.6 is 23.2 Å². The molecule has 3 rings (SSSR count). The number of amides is 1. The number of anilines is 1. The molecule has 0 radical (unpaired) electrons. The third kappa shape index (κ3) is 4.40. The number of aromatic nitrogens is 2. The number of benzene rings is 1. The Balaban J connectivity index is 1.93. The van der Waals surface area contributed by atoms with Crippen molar-refractivity contribution in [2.75, 3.05) is 5.32 Å². The van der Waals surface area contributed by atoms with E-state index in [2.05, 4.69) is 15.5 Å². The van der Waals surface area contributed by atoms with Gasteiger partial charge in [-0.1, -0.05) is 46.6 Å². The lowest BCUT2D eigenvalue weighted by Crippen LogP contribution is -2.18. The zero-order valence-electron chi connectivity index (χ0n) is 13.3. The first-order chi connectivity index (χ1) is 12.8. The van der Waals surface area contributed by atoms with E-state index < -0.39 is 22.5 Å². The summed E-state index contributed by atoms with van der Waals surface area (Å²) < 4.78 is 44.7. The molecule has 0 aliphatic carbocycles. The second-order valence-electron chi connectivity index (χ2n) is 5.37. The minimum atomic E-state index is -4.53. The van der Waals surface area contributed by atoms with E-state index in [0.717, 1.165) is 6.07 Å². The fraction of sp³-hybridized carbons (Fsp3) is 0.118. The molecule has 0 aliphatic heterocycles. The normalized spacial score (nSPS) is 11.6. The average Bonchev–Trinajstić information content (AvgIpc) is 3.11. The van der Waals surface area contributed by atoms with Crippen LogP contribution in [-0.4, -0.2) is 20.9 Å². The molecule has 0 saturated heterocycles. The summed E-state index contributed by atoms with van der Waals surface area (Å²) in [6.45, 7) is 0. The number of nitrogens with one attached hydrogen (secondary N) is 1. The van der Waals surface area contributed by atoms with Crippen LogP contribution in [0.2, 0.25) is 0 Å². The van der Waals surface area contributed by atoms with Crippen molar-refractivity contribution in [3.05, 3.63) is 54.4 Å². The molecule has 140 valence electrons. The molecule has 0 fully saturated rings. The van der Waals surface area contributed by atoms with E-state index in [4.69, 9.17) is 27.7 Å². The first-order valence-corrected chi connectivity index (χ1v) is 8.31. The van der Waals surface area contributed by atoms with Crippen LogP contribution in [-0.2, 0) is 11.0 Å². The molecule has 3 aromatic rings. The zero-order chi connectivity index (χ0) is 19.6. The van der Waals surface area contributed by atoms with Gasteiger partial charge in [0.2, 0.25) is 0 Å². The molecule has 2 heterocycles. The van der Waals surface area contributed by atoms with Gasteiger partial charge in [-0.15, -0.1) is 0 Å². The van der Waals surface area contributed by atoms with Gasteiger partial charge in [-0.3, -0.25) is 9.78 Å². The Morgan fingerprint density at radius 3 is 2.59 bits per heavy atom. The quantitative estimate of drug-likeness (QED) is 0.597. The van der Waals surface area contributed by atoms with Crippen molar-refractivity contribution in [3.63, 3.8) is 0 Å². The minimum Gasteiger partial charge on any atom is -0.356 e. The van der Waals surface area contributed by atoms with Crippen LogP contribution in [0.3, 0.4) is 0 Å². The monoisotopic (exact) mass is 415 g/mol. The number of halogens is 5. The molecule has 1 amide bonds. The number of alkyl halides is 5. The van der Waals surface area contributed by atoms with Gasteiger partial charge in [0.1, 0.15) is 5.69 Å². The molecule has 1 aromatic carbocycles. The number of carbonyl (C=O) groups excluding carboxylic acids is 1. The van der Waals surface area contributed by atoms with Gasteiger partial charge in [-0.25, -0.2) is 0 Å². The average molecular weight is 416 g/mol. The molecule has 0 unspecified atom stereocenters. The van der Waals surface area contributed by atoms with Gasteiger partial charge in [0.25, 0.3) is 5.91 Å². The standard InChI is InChI=1S/C17H10Cl2F3N3O2/c18-15(19)16(26)24-10-5-9(7-23-8-10)14-6-13(25-27-14)11-3-1-2-4-12(11)17(20,21)22/h1-8,15H,(H,24,26). The van der Waals surface area contributed by atoms with Crippen molar-refractivity contribution in [2.45, 2.75) is 11.0 Å². The summed E-state index contributed by atoms with van der Waals surface area (Å²) >= 11 is 10.9. The number of pyridine rings is 1. The number of rotatable bonds is 4. The Morgan fingerprint density at radius 2 is 1.89 bits per heavy atom. The lowest BCUT2D eigenvalue weighted by molar-refractivity contribution is -0.137. The summed E-state index contributed by atoms with van der Waals surface area (Å²) in [5, 5.41) is 6.17. The largest absolute Gasteiger partial charge is 0.417 e. The third-order valence-electron chi connectivity index (χ3n) is 3.51. The summed E-state index contributed by atoms with van der Waals surface area (Å²) in [4.78, 5) is 14.2. The van der Waals surface area contributed by atoms with Crippen LogP contribution < -0.4 is 5.32 Å². The topological polar surface area (TPSA) is 68.0 Å². The van der Waals surface area contributed by atoms with Crippen molar-refractivity contribution in [2.24, 2.45) is 0 Å². The van der Waals surface area contributed by atoms with Crippen molar-refractivity contribution >= 4 is 34.8 Å². The molecule has 0 spiro atoms. The molecule has 5 nitrogen and oxygen atoms in total. The van der Waals surface area contributed by atoms with E-state index in [1.54, 1.807) is 0 Å². The van der Waals surface area contributed by atoms with Gasteiger partial charge in [-0.2, -0.15) is 13.2 Å². The van der Waals surface area contributed by atoms with Crippen LogP contribution in [0, 0.1) is 0 Å². The van der Waals surface area contributed by atoms with E-state index in [9.17, 15) is 18.0 Å². The molecule has 10 heteroatoms. The van der Waals surface area contributed by atoms with Gasteiger partial charge >= 0.3 is 6.18 Å². The Morgan fingerprint density at radius 1 is 1.15 bits per heavy atom. The summed E-state index contributed by atoms with van der Waals surface area (Å²) in [6.07, 6.45) is -1.76. The van der Waals surface area contributed by atoms with Crippen LogP contribution in [0.4, 0.5) is 18.9 Å². The molecular weight excluding hydrogens is 406 g/mol. The van der Waals surface area contributed by atoms with Gasteiger partial charge in [0, 0.05) is 23.4 Å².